The van der Waals surface area contributed by atoms with Crippen molar-refractivity contribution in [1.29, 1.82) is 0 Å². The molecule has 0 spiro atoms. The average molecular weight is 130 g/mol. The first kappa shape index (κ1) is 8.01. The molecule has 0 rings (SSSR count). The van der Waals surface area contributed by atoms with Crippen LogP contribution in [0.4, 0.5) is 0 Å². The lowest BCUT2D eigenvalue weighted by atomic mass is 10.5. The zero-order valence-corrected chi connectivity index (χ0v) is 5.55. The summed E-state index contributed by atoms with van der Waals surface area (Å²) in [4.78, 5) is 10.1. The molecule has 0 aliphatic carbocycles. The molecule has 0 heterocycles. The molecule has 0 atom stereocenters. The molecule has 0 aromatic heterocycles. The second-order valence-electron chi connectivity index (χ2n) is 1.39. The number of carbonyl (C=O) groups is 1. The SMILES string of the molecule is CC=C(OCC)C(=O)O. The fourth-order valence-electron chi connectivity index (χ4n) is 0.424. The molecule has 0 aliphatic heterocycles. The third-order valence-corrected chi connectivity index (χ3v) is 0.773. The van der Waals surface area contributed by atoms with E-state index in [1.165, 1.54) is 6.08 Å². The number of hydrogen-bond acceptors (Lipinski definition) is 2. The van der Waals surface area contributed by atoms with Gasteiger partial charge in [0.2, 0.25) is 0 Å². The Kier molecular flexibility index (Phi) is 3.51. The fourth-order valence-corrected chi connectivity index (χ4v) is 0.424. The highest BCUT2D eigenvalue weighted by Crippen LogP contribution is 1.94. The average Bonchev–Trinajstić information content (AvgIpc) is 1.82. The van der Waals surface area contributed by atoms with Gasteiger partial charge in [-0.15, -0.1) is 0 Å². The molecule has 0 aromatic rings. The first-order valence-electron chi connectivity index (χ1n) is 2.74. The van der Waals surface area contributed by atoms with Crippen molar-refractivity contribution >= 4 is 5.97 Å². The van der Waals surface area contributed by atoms with Gasteiger partial charge in [0.15, 0.2) is 5.76 Å². The van der Waals surface area contributed by atoms with Crippen molar-refractivity contribution in [3.05, 3.63) is 11.8 Å². The number of ether oxygens (including phenoxy) is 1. The highest BCUT2D eigenvalue weighted by atomic mass is 16.5. The Morgan fingerprint density at radius 3 is 2.44 bits per heavy atom. The summed E-state index contributed by atoms with van der Waals surface area (Å²) in [6, 6.07) is 0. The molecule has 3 heteroatoms. The van der Waals surface area contributed by atoms with Crippen LogP contribution >= 0.6 is 0 Å². The molecule has 0 amide bonds. The summed E-state index contributed by atoms with van der Waals surface area (Å²) in [7, 11) is 0. The number of hydrogen-bond donors (Lipinski definition) is 1. The van der Waals surface area contributed by atoms with Gasteiger partial charge in [-0.25, -0.2) is 4.79 Å². The van der Waals surface area contributed by atoms with Gasteiger partial charge in [0, 0.05) is 0 Å². The maximum absolute atomic E-state index is 10.1. The number of carboxylic acid groups (broad SMARTS) is 1. The Morgan fingerprint density at radius 1 is 1.78 bits per heavy atom. The zero-order chi connectivity index (χ0) is 7.28. The van der Waals surface area contributed by atoms with Crippen molar-refractivity contribution < 1.29 is 14.6 Å². The Bertz CT molecular complexity index is 126. The quantitative estimate of drug-likeness (QED) is 0.458. The third kappa shape index (κ3) is 2.74. The monoisotopic (exact) mass is 130 g/mol. The van der Waals surface area contributed by atoms with Crippen molar-refractivity contribution in [2.45, 2.75) is 13.8 Å². The van der Waals surface area contributed by atoms with Gasteiger partial charge in [-0.2, -0.15) is 0 Å². The molecule has 0 unspecified atom stereocenters. The van der Waals surface area contributed by atoms with E-state index >= 15 is 0 Å². The van der Waals surface area contributed by atoms with Crippen LogP contribution in [0, 0.1) is 0 Å². The second kappa shape index (κ2) is 3.95. The standard InChI is InChI=1S/C6H10O3/c1-3-5(6(7)8)9-4-2/h3H,4H2,1-2H3,(H,7,8). The Hall–Kier alpha value is -0.990. The lowest BCUT2D eigenvalue weighted by molar-refractivity contribution is -0.136. The van der Waals surface area contributed by atoms with Crippen LogP contribution in [0.1, 0.15) is 13.8 Å². The van der Waals surface area contributed by atoms with E-state index in [2.05, 4.69) is 0 Å². The van der Waals surface area contributed by atoms with Crippen molar-refractivity contribution in [2.24, 2.45) is 0 Å². The molecular formula is C6H10O3. The van der Waals surface area contributed by atoms with Crippen LogP contribution in [0.2, 0.25) is 0 Å². The second-order valence-corrected chi connectivity index (χ2v) is 1.39. The van der Waals surface area contributed by atoms with E-state index in [4.69, 9.17) is 9.84 Å². The van der Waals surface area contributed by atoms with Crippen LogP contribution in [0.25, 0.3) is 0 Å². The van der Waals surface area contributed by atoms with Gasteiger partial charge in [0.05, 0.1) is 6.61 Å². The summed E-state index contributed by atoms with van der Waals surface area (Å²) in [6.45, 7) is 3.76. The lowest BCUT2D eigenvalue weighted by Crippen LogP contribution is -2.03. The van der Waals surface area contributed by atoms with Crippen LogP contribution in [0.3, 0.4) is 0 Å². The molecule has 0 saturated carbocycles. The van der Waals surface area contributed by atoms with Crippen LogP contribution in [-0.2, 0) is 9.53 Å². The van der Waals surface area contributed by atoms with Crippen molar-refractivity contribution in [3.63, 3.8) is 0 Å². The number of allylic oxidation sites excluding steroid dienone is 1. The molecule has 9 heavy (non-hydrogen) atoms. The molecule has 1 N–H and O–H groups in total. The Labute approximate surface area is 53.9 Å². The molecule has 52 valence electrons. The van der Waals surface area contributed by atoms with Gasteiger partial charge < -0.3 is 9.84 Å². The summed E-state index contributed by atoms with van der Waals surface area (Å²) < 4.78 is 4.71. The highest BCUT2D eigenvalue weighted by Gasteiger charge is 2.03. The normalized spacial score (nSPS) is 11.1. The van der Waals surface area contributed by atoms with Crippen LogP contribution in [-0.4, -0.2) is 17.7 Å². The molecule has 0 bridgehead atoms. The predicted molar refractivity (Wildman–Crippen MR) is 33.0 cm³/mol. The van der Waals surface area contributed by atoms with Gasteiger partial charge in [-0.3, -0.25) is 0 Å². The van der Waals surface area contributed by atoms with Gasteiger partial charge in [-0.05, 0) is 19.9 Å². The van der Waals surface area contributed by atoms with E-state index in [1.54, 1.807) is 13.8 Å². The van der Waals surface area contributed by atoms with Gasteiger partial charge in [0.1, 0.15) is 0 Å². The van der Waals surface area contributed by atoms with Crippen molar-refractivity contribution in [3.8, 4) is 0 Å². The molecule has 0 aliphatic rings. The summed E-state index contributed by atoms with van der Waals surface area (Å²) in [5.41, 5.74) is 0. The van der Waals surface area contributed by atoms with E-state index in [9.17, 15) is 4.79 Å². The Balaban J connectivity index is 3.85. The molecule has 0 fully saturated rings. The van der Waals surface area contributed by atoms with E-state index in [0.717, 1.165) is 0 Å². The fraction of sp³-hybridized carbons (Fsp3) is 0.500. The molecule has 3 nitrogen and oxygen atoms in total. The van der Waals surface area contributed by atoms with Gasteiger partial charge in [-0.1, -0.05) is 0 Å². The highest BCUT2D eigenvalue weighted by molar-refractivity contribution is 5.84. The first-order chi connectivity index (χ1) is 4.22. The summed E-state index contributed by atoms with van der Waals surface area (Å²) in [5, 5.41) is 8.31. The zero-order valence-electron chi connectivity index (χ0n) is 5.55. The smallest absolute Gasteiger partial charge is 0.370 e. The number of rotatable bonds is 3. The Morgan fingerprint density at radius 2 is 2.33 bits per heavy atom. The predicted octanol–water partition coefficient (Wildman–Crippen LogP) is 1.01. The third-order valence-electron chi connectivity index (χ3n) is 0.773. The minimum Gasteiger partial charge on any atom is -0.487 e. The van der Waals surface area contributed by atoms with E-state index < -0.39 is 5.97 Å². The number of carboxylic acids is 1. The first-order valence-corrected chi connectivity index (χ1v) is 2.74. The van der Waals surface area contributed by atoms with Crippen LogP contribution in [0.5, 0.6) is 0 Å². The lowest BCUT2D eigenvalue weighted by Gasteiger charge is -1.99. The summed E-state index contributed by atoms with van der Waals surface area (Å²) in [6.07, 6.45) is 1.42. The maximum atomic E-state index is 10.1. The maximum Gasteiger partial charge on any atom is 0.370 e. The molecule has 0 saturated heterocycles. The van der Waals surface area contributed by atoms with Crippen molar-refractivity contribution in [1.82, 2.24) is 0 Å². The van der Waals surface area contributed by atoms with E-state index in [-0.39, 0.29) is 5.76 Å². The molecule has 0 radical (unpaired) electrons. The minimum atomic E-state index is -1.01. The van der Waals surface area contributed by atoms with Crippen LogP contribution in [0.15, 0.2) is 11.8 Å². The van der Waals surface area contributed by atoms with Gasteiger partial charge in [0.25, 0.3) is 0 Å². The van der Waals surface area contributed by atoms with Crippen LogP contribution < -0.4 is 0 Å². The minimum absolute atomic E-state index is 0.0116. The largest absolute Gasteiger partial charge is 0.487 e. The van der Waals surface area contributed by atoms with E-state index in [0.29, 0.717) is 6.61 Å². The molecule has 0 aromatic carbocycles. The van der Waals surface area contributed by atoms with E-state index in [1.807, 2.05) is 0 Å². The summed E-state index contributed by atoms with van der Waals surface area (Å²) >= 11 is 0. The topological polar surface area (TPSA) is 46.5 Å². The van der Waals surface area contributed by atoms with Crippen molar-refractivity contribution in [2.75, 3.05) is 6.61 Å². The van der Waals surface area contributed by atoms with Gasteiger partial charge >= 0.3 is 5.97 Å². The molecular weight excluding hydrogens is 120 g/mol. The number of aliphatic carboxylic acids is 1. The summed E-state index contributed by atoms with van der Waals surface area (Å²) in [5.74, 6) is -1.00.